The average molecular weight is 284 g/mol. The van der Waals surface area contributed by atoms with Gasteiger partial charge < -0.3 is 9.47 Å². The summed E-state index contributed by atoms with van der Waals surface area (Å²) in [6, 6.07) is 15.3. The molecule has 0 amide bonds. The minimum absolute atomic E-state index is 0.404. The summed E-state index contributed by atoms with van der Waals surface area (Å²) in [5.74, 6) is 1.43. The Labute approximate surface area is 125 Å². The molecule has 0 N–H and O–H groups in total. The van der Waals surface area contributed by atoms with Gasteiger partial charge in [0.25, 0.3) is 0 Å². The molecular weight excluding hydrogens is 264 g/mol. The van der Waals surface area contributed by atoms with Crippen molar-refractivity contribution in [3.8, 4) is 11.5 Å². The zero-order valence-electron chi connectivity index (χ0n) is 12.2. The van der Waals surface area contributed by atoms with E-state index in [0.29, 0.717) is 24.5 Å². The van der Waals surface area contributed by atoms with Crippen molar-refractivity contribution in [3.63, 3.8) is 0 Å². The zero-order valence-corrected chi connectivity index (χ0v) is 12.2. The van der Waals surface area contributed by atoms with Crippen LogP contribution in [0.2, 0.25) is 0 Å². The summed E-state index contributed by atoms with van der Waals surface area (Å²) >= 11 is 0. The Kier molecular flexibility index (Phi) is 5.83. The predicted octanol–water partition coefficient (Wildman–Crippen LogP) is 3.91. The molecule has 0 unspecified atom stereocenters. The van der Waals surface area contributed by atoms with E-state index in [0.717, 1.165) is 24.9 Å². The van der Waals surface area contributed by atoms with Gasteiger partial charge in [-0.05, 0) is 36.2 Å². The van der Waals surface area contributed by atoms with E-state index in [9.17, 15) is 4.79 Å². The SMILES string of the molecule is CCCc1ccc(OCCOc2ccccc2C=O)cc1. The summed E-state index contributed by atoms with van der Waals surface area (Å²) in [4.78, 5) is 10.9. The van der Waals surface area contributed by atoms with E-state index in [2.05, 4.69) is 19.1 Å². The standard InChI is InChI=1S/C18H20O3/c1-2-5-15-8-10-17(11-9-15)20-12-13-21-18-7-4-3-6-16(18)14-19/h3-4,6-11,14H,2,5,12-13H2,1H3. The highest BCUT2D eigenvalue weighted by atomic mass is 16.5. The first-order chi connectivity index (χ1) is 10.3. The lowest BCUT2D eigenvalue weighted by Gasteiger charge is -2.10. The maximum atomic E-state index is 10.9. The van der Waals surface area contributed by atoms with Crippen LogP contribution in [-0.4, -0.2) is 19.5 Å². The fourth-order valence-corrected chi connectivity index (χ4v) is 2.06. The second-order valence-electron chi connectivity index (χ2n) is 4.75. The fourth-order valence-electron chi connectivity index (χ4n) is 2.06. The van der Waals surface area contributed by atoms with Crippen LogP contribution in [0.4, 0.5) is 0 Å². The van der Waals surface area contributed by atoms with Crippen molar-refractivity contribution in [1.82, 2.24) is 0 Å². The van der Waals surface area contributed by atoms with Crippen molar-refractivity contribution in [2.45, 2.75) is 19.8 Å². The van der Waals surface area contributed by atoms with Crippen LogP contribution in [-0.2, 0) is 6.42 Å². The van der Waals surface area contributed by atoms with E-state index in [1.807, 2.05) is 24.3 Å². The molecule has 0 aromatic heterocycles. The Hall–Kier alpha value is -2.29. The molecule has 3 heteroatoms. The molecule has 0 saturated carbocycles. The van der Waals surface area contributed by atoms with Gasteiger partial charge in [0.05, 0.1) is 5.56 Å². The molecule has 0 bridgehead atoms. The number of benzene rings is 2. The number of hydrogen-bond acceptors (Lipinski definition) is 3. The van der Waals surface area contributed by atoms with Gasteiger partial charge in [0.15, 0.2) is 6.29 Å². The second kappa shape index (κ2) is 8.10. The number of rotatable bonds is 8. The van der Waals surface area contributed by atoms with Crippen LogP contribution in [0.1, 0.15) is 29.3 Å². The zero-order chi connectivity index (χ0) is 14.9. The maximum Gasteiger partial charge on any atom is 0.153 e. The molecule has 0 radical (unpaired) electrons. The molecule has 0 aliphatic heterocycles. The number of aldehydes is 1. The summed E-state index contributed by atoms with van der Waals surface area (Å²) in [5.41, 5.74) is 1.88. The molecule has 21 heavy (non-hydrogen) atoms. The third-order valence-corrected chi connectivity index (χ3v) is 3.12. The first-order valence-electron chi connectivity index (χ1n) is 7.22. The smallest absolute Gasteiger partial charge is 0.153 e. The molecule has 0 heterocycles. The van der Waals surface area contributed by atoms with E-state index in [4.69, 9.17) is 9.47 Å². The molecule has 0 aliphatic carbocycles. The number of ether oxygens (including phenoxy) is 2. The van der Waals surface area contributed by atoms with E-state index in [1.54, 1.807) is 12.1 Å². The quantitative estimate of drug-likeness (QED) is 0.544. The fraction of sp³-hybridized carbons (Fsp3) is 0.278. The summed E-state index contributed by atoms with van der Waals surface area (Å²) in [7, 11) is 0. The van der Waals surface area contributed by atoms with Crippen molar-refractivity contribution >= 4 is 6.29 Å². The van der Waals surface area contributed by atoms with Gasteiger partial charge in [0.2, 0.25) is 0 Å². The molecule has 2 aromatic rings. The monoisotopic (exact) mass is 284 g/mol. The molecule has 110 valence electrons. The van der Waals surface area contributed by atoms with Crippen LogP contribution >= 0.6 is 0 Å². The summed E-state index contributed by atoms with van der Waals surface area (Å²) < 4.78 is 11.2. The van der Waals surface area contributed by atoms with E-state index in [1.165, 1.54) is 5.56 Å². The van der Waals surface area contributed by atoms with Crippen LogP contribution in [0.15, 0.2) is 48.5 Å². The number of hydrogen-bond donors (Lipinski definition) is 0. The molecule has 0 saturated heterocycles. The predicted molar refractivity (Wildman–Crippen MR) is 83.3 cm³/mol. The first kappa shape index (κ1) is 15.1. The molecule has 0 fully saturated rings. The first-order valence-corrected chi connectivity index (χ1v) is 7.22. The molecule has 0 atom stereocenters. The van der Waals surface area contributed by atoms with Gasteiger partial charge in [-0.2, -0.15) is 0 Å². The minimum atomic E-state index is 0.404. The van der Waals surface area contributed by atoms with Crippen molar-refractivity contribution in [2.75, 3.05) is 13.2 Å². The van der Waals surface area contributed by atoms with Gasteiger partial charge in [-0.1, -0.05) is 37.6 Å². The second-order valence-corrected chi connectivity index (χ2v) is 4.75. The van der Waals surface area contributed by atoms with Crippen LogP contribution in [0.5, 0.6) is 11.5 Å². The molecule has 2 aromatic carbocycles. The number of para-hydroxylation sites is 1. The highest BCUT2D eigenvalue weighted by molar-refractivity contribution is 5.79. The Morgan fingerprint density at radius 1 is 0.952 bits per heavy atom. The van der Waals surface area contributed by atoms with E-state index >= 15 is 0 Å². The molecule has 0 aliphatic rings. The van der Waals surface area contributed by atoms with Crippen molar-refractivity contribution < 1.29 is 14.3 Å². The van der Waals surface area contributed by atoms with E-state index < -0.39 is 0 Å². The average Bonchev–Trinajstić information content (AvgIpc) is 2.54. The summed E-state index contributed by atoms with van der Waals surface area (Å²) in [6.07, 6.45) is 3.03. The Bertz CT molecular complexity index is 561. The van der Waals surface area contributed by atoms with E-state index in [-0.39, 0.29) is 0 Å². The normalized spacial score (nSPS) is 10.1. The van der Waals surface area contributed by atoms with Gasteiger partial charge >= 0.3 is 0 Å². The summed E-state index contributed by atoms with van der Waals surface area (Å²) in [6.45, 7) is 3.01. The number of carbonyl (C=O) groups excluding carboxylic acids is 1. The van der Waals surface area contributed by atoms with Gasteiger partial charge in [0.1, 0.15) is 24.7 Å². The van der Waals surface area contributed by atoms with Crippen molar-refractivity contribution in [3.05, 3.63) is 59.7 Å². The lowest BCUT2D eigenvalue weighted by molar-refractivity contribution is 0.111. The van der Waals surface area contributed by atoms with Crippen LogP contribution in [0.3, 0.4) is 0 Å². The Morgan fingerprint density at radius 3 is 2.38 bits per heavy atom. The Balaban J connectivity index is 1.78. The third kappa shape index (κ3) is 4.63. The van der Waals surface area contributed by atoms with Gasteiger partial charge in [0, 0.05) is 0 Å². The highest BCUT2D eigenvalue weighted by Gasteiger charge is 2.01. The van der Waals surface area contributed by atoms with Crippen molar-refractivity contribution in [1.29, 1.82) is 0 Å². The van der Waals surface area contributed by atoms with Gasteiger partial charge in [-0.15, -0.1) is 0 Å². The summed E-state index contributed by atoms with van der Waals surface area (Å²) in [5, 5.41) is 0. The molecular formula is C18H20O3. The maximum absolute atomic E-state index is 10.9. The van der Waals surface area contributed by atoms with Gasteiger partial charge in [-0.25, -0.2) is 0 Å². The van der Waals surface area contributed by atoms with Crippen LogP contribution in [0, 0.1) is 0 Å². The largest absolute Gasteiger partial charge is 0.490 e. The van der Waals surface area contributed by atoms with Crippen molar-refractivity contribution in [2.24, 2.45) is 0 Å². The van der Waals surface area contributed by atoms with Gasteiger partial charge in [-0.3, -0.25) is 4.79 Å². The number of carbonyl (C=O) groups is 1. The molecule has 0 spiro atoms. The van der Waals surface area contributed by atoms with Crippen LogP contribution < -0.4 is 9.47 Å². The number of aryl methyl sites for hydroxylation is 1. The minimum Gasteiger partial charge on any atom is -0.490 e. The van der Waals surface area contributed by atoms with Crippen LogP contribution in [0.25, 0.3) is 0 Å². The Morgan fingerprint density at radius 2 is 1.67 bits per heavy atom. The molecule has 3 nitrogen and oxygen atoms in total. The lowest BCUT2D eigenvalue weighted by Crippen LogP contribution is -2.09. The highest BCUT2D eigenvalue weighted by Crippen LogP contribution is 2.16. The third-order valence-electron chi connectivity index (χ3n) is 3.12. The lowest BCUT2D eigenvalue weighted by atomic mass is 10.1. The molecule has 2 rings (SSSR count). The topological polar surface area (TPSA) is 35.5 Å².